The van der Waals surface area contributed by atoms with Crippen LogP contribution in [-0.2, 0) is 16.1 Å². The van der Waals surface area contributed by atoms with E-state index in [9.17, 15) is 9.59 Å². The van der Waals surface area contributed by atoms with Gasteiger partial charge in [0.25, 0.3) is 5.91 Å². The molecule has 0 spiro atoms. The van der Waals surface area contributed by atoms with E-state index in [1.54, 1.807) is 13.0 Å². The number of amides is 1. The van der Waals surface area contributed by atoms with Crippen molar-refractivity contribution in [2.75, 3.05) is 18.6 Å². The first-order valence-electron chi connectivity index (χ1n) is 10.6. The first-order valence-corrected chi connectivity index (χ1v) is 10.6. The van der Waals surface area contributed by atoms with Crippen molar-refractivity contribution in [2.45, 2.75) is 54.0 Å². The van der Waals surface area contributed by atoms with Crippen molar-refractivity contribution < 1.29 is 19.1 Å². The number of aryl methyl sites for hydroxylation is 3. The van der Waals surface area contributed by atoms with Crippen molar-refractivity contribution in [1.82, 2.24) is 14.5 Å². The molecule has 1 amide bonds. The maximum Gasteiger partial charge on any atom is 0.340 e. The molecule has 0 unspecified atom stereocenters. The molecule has 0 bridgehead atoms. The highest BCUT2D eigenvalue weighted by atomic mass is 16.5. The molecule has 8 heteroatoms. The van der Waals surface area contributed by atoms with E-state index < -0.39 is 0 Å². The minimum Gasteiger partial charge on any atom is -0.484 e. The van der Waals surface area contributed by atoms with Crippen molar-refractivity contribution in [2.24, 2.45) is 0 Å². The number of carbonyl (C=O) groups excluding carboxylic acids is 2. The zero-order valence-corrected chi connectivity index (χ0v) is 18.8. The second kappa shape index (κ2) is 9.68. The van der Waals surface area contributed by atoms with Crippen LogP contribution >= 0.6 is 0 Å². The maximum atomic E-state index is 12.6. The normalized spacial score (nSPS) is 11.0. The molecule has 1 N–H and O–H groups in total. The SMILES string of the molecule is CCCCn1c(C)c(C(=O)OCC)c2cc(OCC(=O)Nn3nc(C)cc3C)ccc21. The van der Waals surface area contributed by atoms with Crippen molar-refractivity contribution >= 4 is 22.8 Å². The molecule has 0 saturated carbocycles. The number of hydrogen-bond acceptors (Lipinski definition) is 5. The lowest BCUT2D eigenvalue weighted by Crippen LogP contribution is -2.29. The molecule has 8 nitrogen and oxygen atoms in total. The van der Waals surface area contributed by atoms with Gasteiger partial charge in [-0.15, -0.1) is 0 Å². The van der Waals surface area contributed by atoms with Crippen LogP contribution in [0.1, 0.15) is 54.1 Å². The summed E-state index contributed by atoms with van der Waals surface area (Å²) in [5.74, 6) is -0.164. The number of fused-ring (bicyclic) bond motifs is 1. The van der Waals surface area contributed by atoms with E-state index in [4.69, 9.17) is 9.47 Å². The van der Waals surface area contributed by atoms with Gasteiger partial charge in [0.1, 0.15) is 5.75 Å². The van der Waals surface area contributed by atoms with Crippen molar-refractivity contribution in [1.29, 1.82) is 0 Å². The molecule has 3 aromatic rings. The Kier molecular flexibility index (Phi) is 6.99. The van der Waals surface area contributed by atoms with Crippen LogP contribution in [0.25, 0.3) is 10.9 Å². The Labute approximate surface area is 182 Å². The van der Waals surface area contributed by atoms with Crippen LogP contribution < -0.4 is 10.2 Å². The molecule has 3 rings (SSSR count). The molecule has 0 fully saturated rings. The molecule has 0 aliphatic carbocycles. The largest absolute Gasteiger partial charge is 0.484 e. The van der Waals surface area contributed by atoms with Gasteiger partial charge in [-0.25, -0.2) is 10.2 Å². The molecule has 31 heavy (non-hydrogen) atoms. The average Bonchev–Trinajstić information content (AvgIpc) is 3.19. The lowest BCUT2D eigenvalue weighted by molar-refractivity contribution is -0.119. The predicted octanol–water partition coefficient (Wildman–Crippen LogP) is 3.89. The fourth-order valence-corrected chi connectivity index (χ4v) is 3.66. The summed E-state index contributed by atoms with van der Waals surface area (Å²) in [6, 6.07) is 7.41. The van der Waals surface area contributed by atoms with Crippen LogP contribution in [0.5, 0.6) is 5.75 Å². The lowest BCUT2D eigenvalue weighted by atomic mass is 10.1. The third-order valence-electron chi connectivity index (χ3n) is 5.12. The molecule has 2 aromatic heterocycles. The maximum absolute atomic E-state index is 12.6. The Morgan fingerprint density at radius 2 is 1.90 bits per heavy atom. The van der Waals surface area contributed by atoms with Crippen molar-refractivity contribution in [3.8, 4) is 5.75 Å². The topological polar surface area (TPSA) is 87.4 Å². The van der Waals surface area contributed by atoms with Gasteiger partial charge in [0.05, 0.1) is 23.6 Å². The number of benzene rings is 1. The molecule has 0 atom stereocenters. The number of nitrogens with zero attached hydrogens (tertiary/aromatic N) is 3. The monoisotopic (exact) mass is 426 g/mol. The summed E-state index contributed by atoms with van der Waals surface area (Å²) in [5.41, 5.74) is 6.71. The van der Waals surface area contributed by atoms with Gasteiger partial charge in [0, 0.05) is 23.1 Å². The van der Waals surface area contributed by atoms with Crippen LogP contribution in [0.2, 0.25) is 0 Å². The fourth-order valence-electron chi connectivity index (χ4n) is 3.66. The highest BCUT2D eigenvalue weighted by Gasteiger charge is 2.21. The minimum atomic E-state index is -0.348. The van der Waals surface area contributed by atoms with Crippen molar-refractivity contribution in [3.05, 3.63) is 46.9 Å². The van der Waals surface area contributed by atoms with Gasteiger partial charge < -0.3 is 14.0 Å². The van der Waals surface area contributed by atoms with Gasteiger partial charge in [-0.3, -0.25) is 4.79 Å². The number of nitrogens with one attached hydrogen (secondary N) is 1. The number of rotatable bonds is 9. The fraction of sp³-hybridized carbons (Fsp3) is 0.435. The van der Waals surface area contributed by atoms with Gasteiger partial charge in [0.2, 0.25) is 0 Å². The Balaban J connectivity index is 1.83. The Morgan fingerprint density at radius 1 is 1.13 bits per heavy atom. The highest BCUT2D eigenvalue weighted by Crippen LogP contribution is 2.30. The molecule has 0 aliphatic rings. The zero-order valence-electron chi connectivity index (χ0n) is 18.8. The van der Waals surface area contributed by atoms with E-state index >= 15 is 0 Å². The van der Waals surface area contributed by atoms with E-state index in [0.717, 1.165) is 47.4 Å². The average molecular weight is 427 g/mol. The summed E-state index contributed by atoms with van der Waals surface area (Å²) in [5, 5.41) is 4.97. The predicted molar refractivity (Wildman–Crippen MR) is 119 cm³/mol. The van der Waals surface area contributed by atoms with E-state index in [1.165, 1.54) is 4.79 Å². The molecular weight excluding hydrogens is 396 g/mol. The minimum absolute atomic E-state index is 0.173. The number of ether oxygens (including phenoxy) is 2. The summed E-state index contributed by atoms with van der Waals surface area (Å²) in [4.78, 5) is 26.3. The van der Waals surface area contributed by atoms with E-state index in [0.29, 0.717) is 17.9 Å². The van der Waals surface area contributed by atoms with Crippen molar-refractivity contribution in [3.63, 3.8) is 0 Å². The number of hydrogen-bond donors (Lipinski definition) is 1. The van der Waals surface area contributed by atoms with E-state index in [1.807, 2.05) is 39.0 Å². The number of esters is 1. The molecule has 0 radical (unpaired) electrons. The van der Waals surface area contributed by atoms with Gasteiger partial charge >= 0.3 is 5.97 Å². The quantitative estimate of drug-likeness (QED) is 0.525. The molecule has 2 heterocycles. The first-order chi connectivity index (χ1) is 14.8. The van der Waals surface area contributed by atoms with Gasteiger partial charge in [-0.2, -0.15) is 9.89 Å². The summed E-state index contributed by atoms with van der Waals surface area (Å²) in [6.45, 7) is 10.5. The summed E-state index contributed by atoms with van der Waals surface area (Å²) in [6.07, 6.45) is 2.07. The summed E-state index contributed by atoms with van der Waals surface area (Å²) >= 11 is 0. The number of unbranched alkanes of at least 4 members (excludes halogenated alkanes) is 1. The van der Waals surface area contributed by atoms with E-state index in [-0.39, 0.29) is 18.5 Å². The third-order valence-corrected chi connectivity index (χ3v) is 5.12. The second-order valence-corrected chi connectivity index (χ2v) is 7.53. The molecular formula is C23H30N4O4. The standard InChI is InChI=1S/C23H30N4O4/c1-6-8-11-26-17(5)22(23(29)30-7-2)19-13-18(9-10-20(19)26)31-14-21(28)25-27-16(4)12-15(3)24-27/h9-10,12-13H,6-8,11,14H2,1-5H3,(H,25,28). The van der Waals surface area contributed by atoms with Crippen LogP contribution in [0.15, 0.2) is 24.3 Å². The van der Waals surface area contributed by atoms with E-state index in [2.05, 4.69) is 22.0 Å². The molecule has 0 saturated heterocycles. The van der Waals surface area contributed by atoms with Crippen LogP contribution in [-0.4, -0.2) is 39.5 Å². The number of carbonyl (C=O) groups is 2. The van der Waals surface area contributed by atoms with Gasteiger partial charge in [-0.05, 0) is 58.4 Å². The smallest absolute Gasteiger partial charge is 0.340 e. The van der Waals surface area contributed by atoms with Crippen LogP contribution in [0, 0.1) is 20.8 Å². The van der Waals surface area contributed by atoms with Gasteiger partial charge in [-0.1, -0.05) is 13.3 Å². The molecule has 166 valence electrons. The molecule has 1 aromatic carbocycles. The Hall–Kier alpha value is -3.29. The lowest BCUT2D eigenvalue weighted by Gasteiger charge is -2.10. The zero-order chi connectivity index (χ0) is 22.5. The molecule has 0 aliphatic heterocycles. The third kappa shape index (κ3) is 4.90. The van der Waals surface area contributed by atoms with Crippen LogP contribution in [0.4, 0.5) is 0 Å². The number of aromatic nitrogens is 3. The van der Waals surface area contributed by atoms with Gasteiger partial charge in [0.15, 0.2) is 6.61 Å². The summed E-state index contributed by atoms with van der Waals surface area (Å²) in [7, 11) is 0. The Morgan fingerprint density at radius 3 is 2.55 bits per heavy atom. The second-order valence-electron chi connectivity index (χ2n) is 7.53. The highest BCUT2D eigenvalue weighted by molar-refractivity contribution is 6.06. The first kappa shape index (κ1) is 22.4. The van der Waals surface area contributed by atoms with Crippen LogP contribution in [0.3, 0.4) is 0 Å². The summed E-state index contributed by atoms with van der Waals surface area (Å²) < 4.78 is 13.1. The Bertz CT molecular complexity index is 1100.